The van der Waals surface area contributed by atoms with Crippen molar-refractivity contribution in [1.82, 2.24) is 14.9 Å². The molecule has 3 aromatic rings. The van der Waals surface area contributed by atoms with E-state index in [9.17, 15) is 4.79 Å². The Bertz CT molecular complexity index is 980. The highest BCUT2D eigenvalue weighted by molar-refractivity contribution is 6.30. The van der Waals surface area contributed by atoms with Gasteiger partial charge in [0.15, 0.2) is 0 Å². The Labute approximate surface area is 175 Å². The number of nitrogens with one attached hydrogen (secondary N) is 2. The van der Waals surface area contributed by atoms with Crippen molar-refractivity contribution in [2.24, 2.45) is 7.05 Å². The van der Waals surface area contributed by atoms with Crippen LogP contribution in [0.1, 0.15) is 42.5 Å². The molecule has 0 radical (unpaired) electrons. The fourth-order valence-electron chi connectivity index (χ4n) is 3.79. The lowest BCUT2D eigenvalue weighted by molar-refractivity contribution is 0.0928. The van der Waals surface area contributed by atoms with Crippen molar-refractivity contribution in [1.29, 1.82) is 0 Å². The molecular weight excluding hydrogens is 395 g/mol. The fourth-order valence-corrected chi connectivity index (χ4v) is 3.98. The van der Waals surface area contributed by atoms with Crippen LogP contribution in [0.5, 0.6) is 0 Å². The number of benzene rings is 1. The van der Waals surface area contributed by atoms with E-state index in [-0.39, 0.29) is 24.4 Å². The summed E-state index contributed by atoms with van der Waals surface area (Å²) in [5.74, 6) is 0.664. The molecule has 1 aliphatic rings. The van der Waals surface area contributed by atoms with E-state index >= 15 is 0 Å². The average molecular weight is 419 g/mol. The molecule has 2 aromatic heterocycles. The zero-order valence-electron chi connectivity index (χ0n) is 15.7. The number of aryl methyl sites for hydroxylation is 1. The molecular formula is C21H24Cl2N4O. The highest BCUT2D eigenvalue weighted by Gasteiger charge is 2.20. The minimum absolute atomic E-state index is 0. The molecule has 0 saturated heterocycles. The Morgan fingerprint density at radius 2 is 2.00 bits per heavy atom. The number of halogens is 2. The van der Waals surface area contributed by atoms with Gasteiger partial charge in [-0.15, -0.1) is 12.4 Å². The van der Waals surface area contributed by atoms with Crippen LogP contribution in [0.2, 0.25) is 5.02 Å². The van der Waals surface area contributed by atoms with E-state index in [2.05, 4.69) is 15.6 Å². The summed E-state index contributed by atoms with van der Waals surface area (Å²) in [6.45, 7) is 0. The van der Waals surface area contributed by atoms with E-state index in [1.54, 1.807) is 6.20 Å². The van der Waals surface area contributed by atoms with E-state index in [1.165, 1.54) is 19.3 Å². The first kappa shape index (κ1) is 20.5. The molecule has 0 atom stereocenters. The maximum atomic E-state index is 12.9. The number of hydrogen-bond donors (Lipinski definition) is 2. The Morgan fingerprint density at radius 3 is 2.75 bits per heavy atom. The van der Waals surface area contributed by atoms with Gasteiger partial charge in [-0.3, -0.25) is 4.79 Å². The second kappa shape index (κ2) is 8.84. The molecule has 28 heavy (non-hydrogen) atoms. The zero-order chi connectivity index (χ0) is 18.8. The third-order valence-corrected chi connectivity index (χ3v) is 5.41. The van der Waals surface area contributed by atoms with Crippen molar-refractivity contribution < 1.29 is 4.79 Å². The SMILES string of the molecule is Cl.Cn1ccc2c(Nc3cccc(Cl)c3)ncc(C(=O)NC3CCCCC3)c21. The number of fused-ring (bicyclic) bond motifs is 1. The van der Waals surface area contributed by atoms with Crippen molar-refractivity contribution in [2.45, 2.75) is 38.1 Å². The van der Waals surface area contributed by atoms with Gasteiger partial charge in [-0.2, -0.15) is 0 Å². The van der Waals surface area contributed by atoms with Gasteiger partial charge in [0.1, 0.15) is 5.82 Å². The van der Waals surface area contributed by atoms with Crippen LogP contribution >= 0.6 is 24.0 Å². The van der Waals surface area contributed by atoms with Gasteiger partial charge in [0, 0.05) is 41.6 Å². The lowest BCUT2D eigenvalue weighted by Gasteiger charge is -2.23. The summed E-state index contributed by atoms with van der Waals surface area (Å²) in [5.41, 5.74) is 2.35. The lowest BCUT2D eigenvalue weighted by atomic mass is 9.95. The summed E-state index contributed by atoms with van der Waals surface area (Å²) in [7, 11) is 1.95. The first-order valence-corrected chi connectivity index (χ1v) is 9.77. The molecule has 1 amide bonds. The molecule has 2 heterocycles. The van der Waals surface area contributed by atoms with Crippen LogP contribution in [0.15, 0.2) is 42.7 Å². The molecule has 148 valence electrons. The third-order valence-electron chi connectivity index (χ3n) is 5.18. The topological polar surface area (TPSA) is 59.0 Å². The smallest absolute Gasteiger partial charge is 0.255 e. The highest BCUT2D eigenvalue weighted by Crippen LogP contribution is 2.29. The maximum Gasteiger partial charge on any atom is 0.255 e. The molecule has 1 fully saturated rings. The van der Waals surface area contributed by atoms with Crippen LogP contribution < -0.4 is 10.6 Å². The summed E-state index contributed by atoms with van der Waals surface area (Å²) in [4.78, 5) is 17.4. The van der Waals surface area contributed by atoms with E-state index in [0.717, 1.165) is 29.4 Å². The monoisotopic (exact) mass is 418 g/mol. The van der Waals surface area contributed by atoms with Gasteiger partial charge in [0.25, 0.3) is 5.91 Å². The van der Waals surface area contributed by atoms with Crippen molar-refractivity contribution >= 4 is 52.3 Å². The van der Waals surface area contributed by atoms with Crippen LogP contribution in [0, 0.1) is 0 Å². The predicted molar refractivity (Wildman–Crippen MR) is 117 cm³/mol. The number of carbonyl (C=O) groups is 1. The van der Waals surface area contributed by atoms with Gasteiger partial charge >= 0.3 is 0 Å². The molecule has 7 heteroatoms. The van der Waals surface area contributed by atoms with Crippen molar-refractivity contribution in [3.8, 4) is 0 Å². The Hall–Kier alpha value is -2.24. The van der Waals surface area contributed by atoms with Crippen LogP contribution in [0.4, 0.5) is 11.5 Å². The lowest BCUT2D eigenvalue weighted by Crippen LogP contribution is -2.36. The number of rotatable bonds is 4. The van der Waals surface area contributed by atoms with E-state index < -0.39 is 0 Å². The third kappa shape index (κ3) is 4.26. The van der Waals surface area contributed by atoms with Crippen molar-refractivity contribution in [3.63, 3.8) is 0 Å². The summed E-state index contributed by atoms with van der Waals surface area (Å²) in [6, 6.07) is 9.75. The second-order valence-electron chi connectivity index (χ2n) is 7.15. The molecule has 2 N–H and O–H groups in total. The molecule has 1 saturated carbocycles. The Balaban J connectivity index is 0.00000225. The van der Waals surface area contributed by atoms with Crippen LogP contribution in [0.3, 0.4) is 0 Å². The summed E-state index contributed by atoms with van der Waals surface area (Å²) in [6.07, 6.45) is 9.37. The molecule has 0 bridgehead atoms. The van der Waals surface area contributed by atoms with Crippen molar-refractivity contribution in [3.05, 3.63) is 53.3 Å². The van der Waals surface area contributed by atoms with Crippen molar-refractivity contribution in [2.75, 3.05) is 5.32 Å². The number of hydrogen-bond acceptors (Lipinski definition) is 3. The van der Waals surface area contributed by atoms with Gasteiger partial charge < -0.3 is 15.2 Å². The van der Waals surface area contributed by atoms with Crippen LogP contribution in [-0.2, 0) is 7.05 Å². The second-order valence-corrected chi connectivity index (χ2v) is 7.59. The first-order valence-electron chi connectivity index (χ1n) is 9.39. The van der Waals surface area contributed by atoms with Crippen LogP contribution in [-0.4, -0.2) is 21.5 Å². The number of nitrogens with zero attached hydrogens (tertiary/aromatic N) is 2. The zero-order valence-corrected chi connectivity index (χ0v) is 17.3. The van der Waals surface area contributed by atoms with Gasteiger partial charge in [-0.05, 0) is 37.1 Å². The number of amides is 1. The van der Waals surface area contributed by atoms with Crippen LogP contribution in [0.25, 0.3) is 10.9 Å². The highest BCUT2D eigenvalue weighted by atomic mass is 35.5. The van der Waals surface area contributed by atoms with Gasteiger partial charge in [0.05, 0.1) is 11.1 Å². The quantitative estimate of drug-likeness (QED) is 0.591. The van der Waals surface area contributed by atoms with Gasteiger partial charge in [-0.1, -0.05) is 36.9 Å². The summed E-state index contributed by atoms with van der Waals surface area (Å²) in [5, 5.41) is 8.07. The Morgan fingerprint density at radius 1 is 1.21 bits per heavy atom. The molecule has 0 unspecified atom stereocenters. The first-order chi connectivity index (χ1) is 13.1. The predicted octanol–water partition coefficient (Wildman–Crippen LogP) is 5.45. The molecule has 5 nitrogen and oxygen atoms in total. The largest absolute Gasteiger partial charge is 0.350 e. The standard InChI is InChI=1S/C21H23ClN4O.ClH/c1-26-11-10-17-19(26)18(21(27)25-15-7-3-2-4-8-15)13-23-20(17)24-16-9-5-6-14(22)12-16;/h5-6,9-13,15H,2-4,7-8H2,1H3,(H,23,24)(H,25,27);1H. The number of aromatic nitrogens is 2. The van der Waals surface area contributed by atoms with E-state index in [4.69, 9.17) is 11.6 Å². The number of pyridine rings is 1. The fraction of sp³-hybridized carbons (Fsp3) is 0.333. The number of anilines is 2. The molecule has 1 aromatic carbocycles. The molecule has 1 aliphatic carbocycles. The van der Waals surface area contributed by atoms with E-state index in [0.29, 0.717) is 16.4 Å². The Kier molecular flexibility index (Phi) is 6.47. The molecule has 0 spiro atoms. The molecule has 4 rings (SSSR count). The number of carbonyl (C=O) groups excluding carboxylic acids is 1. The van der Waals surface area contributed by atoms with Gasteiger partial charge in [-0.25, -0.2) is 4.98 Å². The minimum atomic E-state index is -0.0458. The molecule has 0 aliphatic heterocycles. The minimum Gasteiger partial charge on any atom is -0.350 e. The normalized spacial score (nSPS) is 14.5. The average Bonchev–Trinajstić information content (AvgIpc) is 3.05. The summed E-state index contributed by atoms with van der Waals surface area (Å²) >= 11 is 6.08. The van der Waals surface area contributed by atoms with E-state index in [1.807, 2.05) is 48.1 Å². The van der Waals surface area contributed by atoms with Gasteiger partial charge in [0.2, 0.25) is 0 Å². The summed E-state index contributed by atoms with van der Waals surface area (Å²) < 4.78 is 1.97. The maximum absolute atomic E-state index is 12.9.